The molecular formula is C21H31N. The molecule has 4 fully saturated rings. The average molecular weight is 297 g/mol. The lowest BCUT2D eigenvalue weighted by atomic mass is 9.49. The van der Waals surface area contributed by atoms with E-state index < -0.39 is 0 Å². The van der Waals surface area contributed by atoms with Gasteiger partial charge in [-0.15, -0.1) is 0 Å². The Bertz CT molecular complexity index is 629. The van der Waals surface area contributed by atoms with Crippen molar-refractivity contribution in [3.8, 4) is 0 Å². The Morgan fingerprint density at radius 2 is 1.82 bits per heavy atom. The first-order valence-corrected chi connectivity index (χ1v) is 9.11. The molecule has 3 aliphatic heterocycles. The van der Waals surface area contributed by atoms with Gasteiger partial charge in [0.15, 0.2) is 0 Å². The predicted octanol–water partition coefficient (Wildman–Crippen LogP) is 4.76. The lowest BCUT2D eigenvalue weighted by Gasteiger charge is -2.69. The van der Waals surface area contributed by atoms with E-state index in [4.69, 9.17) is 0 Å². The topological polar surface area (TPSA) is 3.24 Å². The molecular weight excluding hydrogens is 266 g/mol. The van der Waals surface area contributed by atoms with Gasteiger partial charge < -0.3 is 0 Å². The molecule has 1 aliphatic carbocycles. The number of aryl methyl sites for hydroxylation is 2. The monoisotopic (exact) mass is 297 g/mol. The molecule has 1 heteroatoms. The third kappa shape index (κ3) is 1.69. The first-order chi connectivity index (χ1) is 10.3. The molecule has 120 valence electrons. The van der Waals surface area contributed by atoms with E-state index in [-0.39, 0.29) is 0 Å². The van der Waals surface area contributed by atoms with E-state index in [0.717, 1.165) is 11.8 Å². The first kappa shape index (κ1) is 14.8. The van der Waals surface area contributed by atoms with Gasteiger partial charge >= 0.3 is 0 Å². The number of piperidine rings is 3. The van der Waals surface area contributed by atoms with Gasteiger partial charge in [-0.05, 0) is 89.3 Å². The number of benzene rings is 1. The van der Waals surface area contributed by atoms with E-state index in [1.165, 1.54) is 36.9 Å². The van der Waals surface area contributed by atoms with Crippen molar-refractivity contribution in [3.63, 3.8) is 0 Å². The maximum Gasteiger partial charge on any atom is 0.0185 e. The summed E-state index contributed by atoms with van der Waals surface area (Å²) >= 11 is 0. The summed E-state index contributed by atoms with van der Waals surface area (Å²) in [5.41, 5.74) is 6.95. The smallest absolute Gasteiger partial charge is 0.0185 e. The zero-order valence-corrected chi connectivity index (χ0v) is 15.2. The third-order valence-corrected chi connectivity index (χ3v) is 7.69. The molecule has 4 aliphatic rings. The van der Waals surface area contributed by atoms with Crippen LogP contribution in [0.25, 0.3) is 0 Å². The zero-order valence-electron chi connectivity index (χ0n) is 15.2. The van der Waals surface area contributed by atoms with E-state index in [1.54, 1.807) is 11.1 Å². The van der Waals surface area contributed by atoms with E-state index in [0.29, 0.717) is 17.0 Å². The molecule has 22 heavy (non-hydrogen) atoms. The minimum Gasteiger partial charge on any atom is -0.294 e. The summed E-state index contributed by atoms with van der Waals surface area (Å²) in [6.07, 6.45) is 4.28. The van der Waals surface area contributed by atoms with Crippen LogP contribution in [0.3, 0.4) is 0 Å². The van der Waals surface area contributed by atoms with Crippen LogP contribution in [0.15, 0.2) is 12.1 Å². The average Bonchev–Trinajstić information content (AvgIpc) is 2.44. The van der Waals surface area contributed by atoms with Crippen molar-refractivity contribution in [2.75, 3.05) is 6.54 Å². The number of nitrogens with zero attached hydrogens (tertiary/aromatic N) is 1. The van der Waals surface area contributed by atoms with Crippen molar-refractivity contribution in [3.05, 3.63) is 34.4 Å². The number of rotatable bonds is 1. The van der Waals surface area contributed by atoms with Gasteiger partial charge in [0.05, 0.1) is 0 Å². The largest absolute Gasteiger partial charge is 0.294 e. The SMILES string of the molecule is Cc1cc(C)c(C)c(C23CC4CC(C2)C(C)(C)N(C4)[C@@H]3C)c1. The summed E-state index contributed by atoms with van der Waals surface area (Å²) in [6.45, 7) is 15.7. The zero-order chi connectivity index (χ0) is 15.9. The lowest BCUT2D eigenvalue weighted by Crippen LogP contribution is -2.73. The van der Waals surface area contributed by atoms with Gasteiger partial charge in [-0.25, -0.2) is 0 Å². The molecule has 4 unspecified atom stereocenters. The van der Waals surface area contributed by atoms with Crippen LogP contribution in [0.5, 0.6) is 0 Å². The van der Waals surface area contributed by atoms with Gasteiger partial charge in [0.2, 0.25) is 0 Å². The quantitative estimate of drug-likeness (QED) is 0.722. The Morgan fingerprint density at radius 3 is 2.55 bits per heavy atom. The summed E-state index contributed by atoms with van der Waals surface area (Å²) < 4.78 is 0. The minimum atomic E-state index is 0.395. The summed E-state index contributed by atoms with van der Waals surface area (Å²) in [5, 5.41) is 0. The number of hydrogen-bond donors (Lipinski definition) is 0. The van der Waals surface area contributed by atoms with E-state index >= 15 is 0 Å². The highest BCUT2D eigenvalue weighted by atomic mass is 15.3. The van der Waals surface area contributed by atoms with Crippen molar-refractivity contribution in [1.82, 2.24) is 4.90 Å². The van der Waals surface area contributed by atoms with Crippen LogP contribution in [0.1, 0.15) is 62.3 Å². The summed E-state index contributed by atoms with van der Waals surface area (Å²) in [6, 6.07) is 5.55. The van der Waals surface area contributed by atoms with Gasteiger partial charge in [0.1, 0.15) is 0 Å². The lowest BCUT2D eigenvalue weighted by molar-refractivity contribution is -0.157. The van der Waals surface area contributed by atoms with Crippen molar-refractivity contribution >= 4 is 0 Å². The Morgan fingerprint density at radius 1 is 1.09 bits per heavy atom. The predicted molar refractivity (Wildman–Crippen MR) is 93.4 cm³/mol. The fraction of sp³-hybridized carbons (Fsp3) is 0.714. The highest BCUT2D eigenvalue weighted by Gasteiger charge is 2.61. The van der Waals surface area contributed by atoms with Crippen LogP contribution in [0.2, 0.25) is 0 Å². The number of hydrogen-bond acceptors (Lipinski definition) is 1. The molecule has 1 nitrogen and oxygen atoms in total. The molecule has 5 atom stereocenters. The summed E-state index contributed by atoms with van der Waals surface area (Å²) in [7, 11) is 0. The van der Waals surface area contributed by atoms with Crippen LogP contribution < -0.4 is 0 Å². The van der Waals surface area contributed by atoms with Crippen molar-refractivity contribution in [2.45, 2.75) is 77.8 Å². The molecule has 0 amide bonds. The Balaban J connectivity index is 1.89. The van der Waals surface area contributed by atoms with Gasteiger partial charge in [-0.3, -0.25) is 4.90 Å². The van der Waals surface area contributed by atoms with Crippen molar-refractivity contribution in [1.29, 1.82) is 0 Å². The van der Waals surface area contributed by atoms with Gasteiger partial charge in [0.25, 0.3) is 0 Å². The second kappa shape index (κ2) is 4.38. The van der Waals surface area contributed by atoms with Crippen LogP contribution >= 0.6 is 0 Å². The Kier molecular flexibility index (Phi) is 2.94. The van der Waals surface area contributed by atoms with Crippen molar-refractivity contribution in [2.24, 2.45) is 11.8 Å². The van der Waals surface area contributed by atoms with Crippen LogP contribution in [-0.2, 0) is 5.41 Å². The normalized spacial score (nSPS) is 41.9. The first-order valence-electron chi connectivity index (χ1n) is 9.11. The standard InChI is InChI=1S/C21H31N/c1-13-7-14(2)15(3)19(8-13)21-10-17-9-18(11-21)20(5,6)22(12-17)16(21)4/h7-8,16-18H,9-12H2,1-6H3/t16-,17?,18?,21?/m1/s1. The molecule has 0 radical (unpaired) electrons. The van der Waals surface area contributed by atoms with E-state index in [1.807, 2.05) is 0 Å². The maximum atomic E-state index is 2.86. The molecule has 0 aromatic heterocycles. The molecule has 1 aromatic rings. The summed E-state index contributed by atoms with van der Waals surface area (Å²) in [4.78, 5) is 2.86. The van der Waals surface area contributed by atoms with Gasteiger partial charge in [-0.1, -0.05) is 17.7 Å². The van der Waals surface area contributed by atoms with E-state index in [9.17, 15) is 0 Å². The highest BCUT2D eigenvalue weighted by Crippen LogP contribution is 2.61. The molecule has 1 aromatic carbocycles. The van der Waals surface area contributed by atoms with Crippen molar-refractivity contribution < 1.29 is 0 Å². The van der Waals surface area contributed by atoms with Gasteiger partial charge in [0, 0.05) is 23.5 Å². The molecule has 3 heterocycles. The molecule has 3 saturated heterocycles. The fourth-order valence-corrected chi connectivity index (χ4v) is 6.33. The Labute approximate surface area is 136 Å². The van der Waals surface area contributed by atoms with Crippen LogP contribution in [0.4, 0.5) is 0 Å². The highest BCUT2D eigenvalue weighted by molar-refractivity contribution is 5.45. The fourth-order valence-electron chi connectivity index (χ4n) is 6.33. The molecule has 1 saturated carbocycles. The summed E-state index contributed by atoms with van der Waals surface area (Å²) in [5.74, 6) is 1.79. The second-order valence-corrected chi connectivity index (χ2v) is 9.10. The maximum absolute atomic E-state index is 2.86. The van der Waals surface area contributed by atoms with Gasteiger partial charge in [-0.2, -0.15) is 0 Å². The Hall–Kier alpha value is -0.820. The van der Waals surface area contributed by atoms with Crippen LogP contribution in [-0.4, -0.2) is 23.0 Å². The van der Waals surface area contributed by atoms with Crippen LogP contribution in [0, 0.1) is 32.6 Å². The molecule has 0 spiro atoms. The third-order valence-electron chi connectivity index (χ3n) is 7.69. The molecule has 4 bridgehead atoms. The second-order valence-electron chi connectivity index (χ2n) is 9.10. The van der Waals surface area contributed by atoms with E-state index in [2.05, 4.69) is 58.6 Å². The molecule has 5 rings (SSSR count). The minimum absolute atomic E-state index is 0.395. The molecule has 0 N–H and O–H groups in total.